The molecule has 0 bridgehead atoms. The van der Waals surface area contributed by atoms with Gasteiger partial charge >= 0.3 is 0 Å². The third kappa shape index (κ3) is 4.55. The van der Waals surface area contributed by atoms with Crippen LogP contribution in [0.2, 0.25) is 0 Å². The van der Waals surface area contributed by atoms with Gasteiger partial charge in [-0.05, 0) is 123 Å². The van der Waals surface area contributed by atoms with Crippen LogP contribution in [-0.2, 0) is 0 Å². The molecule has 0 saturated carbocycles. The summed E-state index contributed by atoms with van der Waals surface area (Å²) in [6.07, 6.45) is 0. The van der Waals surface area contributed by atoms with Gasteiger partial charge in [0.2, 0.25) is 0 Å². The average Bonchev–Trinajstić information content (AvgIpc) is 3.18. The average molecular weight is 622 g/mol. The fourth-order valence-corrected chi connectivity index (χ4v) is 7.83. The predicted octanol–water partition coefficient (Wildman–Crippen LogP) is 13.7. The van der Waals surface area contributed by atoms with Crippen molar-refractivity contribution in [2.75, 3.05) is 5.32 Å². The first-order chi connectivity index (χ1) is 24.3. The minimum Gasteiger partial charge on any atom is -0.356 e. The lowest BCUT2D eigenvalue weighted by Crippen LogP contribution is -1.90. The van der Waals surface area contributed by atoms with Gasteiger partial charge in [-0.2, -0.15) is 0 Å². The Kier molecular flexibility index (Phi) is 6.25. The molecule has 0 heterocycles. The Balaban J connectivity index is 0.942. The molecule has 1 heteroatoms. The van der Waals surface area contributed by atoms with E-state index in [-0.39, 0.29) is 0 Å². The SMILES string of the molecule is c1ccc2c(c1)c1ccccc1c1cc(-c3ccc(Nc4ccc(-c5ccc6c7ccccc7c7ccccc7c6c5)cc4)cc3)ccc21. The van der Waals surface area contributed by atoms with Gasteiger partial charge in [0, 0.05) is 11.4 Å². The van der Waals surface area contributed by atoms with Crippen LogP contribution in [-0.4, -0.2) is 0 Å². The minimum absolute atomic E-state index is 1.07. The Morgan fingerprint density at radius 2 is 0.449 bits per heavy atom. The zero-order valence-corrected chi connectivity index (χ0v) is 26.8. The molecule has 0 aliphatic rings. The zero-order valence-electron chi connectivity index (χ0n) is 26.8. The van der Waals surface area contributed by atoms with Crippen molar-refractivity contribution < 1.29 is 0 Å². The molecule has 0 fully saturated rings. The highest BCUT2D eigenvalue weighted by atomic mass is 14.9. The van der Waals surface area contributed by atoms with Crippen LogP contribution in [0.5, 0.6) is 0 Å². The van der Waals surface area contributed by atoms with Gasteiger partial charge in [0.05, 0.1) is 0 Å². The van der Waals surface area contributed by atoms with Crippen LogP contribution in [0.1, 0.15) is 0 Å². The first-order valence-corrected chi connectivity index (χ1v) is 16.9. The van der Waals surface area contributed by atoms with Crippen LogP contribution >= 0.6 is 0 Å². The zero-order chi connectivity index (χ0) is 32.3. The monoisotopic (exact) mass is 621 g/mol. The first kappa shape index (κ1) is 27.7. The van der Waals surface area contributed by atoms with E-state index < -0.39 is 0 Å². The van der Waals surface area contributed by atoms with Gasteiger partial charge in [0.1, 0.15) is 0 Å². The van der Waals surface area contributed by atoms with E-state index in [1.54, 1.807) is 0 Å². The third-order valence-electron chi connectivity index (χ3n) is 10.2. The molecule has 0 spiro atoms. The molecule has 10 aromatic carbocycles. The molecule has 0 radical (unpaired) electrons. The summed E-state index contributed by atoms with van der Waals surface area (Å²) in [7, 11) is 0. The van der Waals surface area contributed by atoms with Crippen molar-refractivity contribution >= 4 is 76.0 Å². The second-order valence-electron chi connectivity index (χ2n) is 13.0. The van der Waals surface area contributed by atoms with E-state index in [2.05, 4.69) is 187 Å². The van der Waals surface area contributed by atoms with Crippen molar-refractivity contribution in [1.29, 1.82) is 0 Å². The number of nitrogens with one attached hydrogen (secondary N) is 1. The number of hydrogen-bond donors (Lipinski definition) is 1. The van der Waals surface area contributed by atoms with Gasteiger partial charge in [-0.1, -0.05) is 146 Å². The lowest BCUT2D eigenvalue weighted by molar-refractivity contribution is 1.54. The van der Waals surface area contributed by atoms with Crippen LogP contribution in [0, 0.1) is 0 Å². The Morgan fingerprint density at radius 1 is 0.204 bits per heavy atom. The number of anilines is 2. The molecule has 10 aromatic rings. The fourth-order valence-electron chi connectivity index (χ4n) is 7.83. The fraction of sp³-hybridized carbons (Fsp3) is 0. The summed E-state index contributed by atoms with van der Waals surface area (Å²) in [5, 5.41) is 19.2. The van der Waals surface area contributed by atoms with Gasteiger partial charge in [0.25, 0.3) is 0 Å². The molecule has 0 aromatic heterocycles. The van der Waals surface area contributed by atoms with Crippen molar-refractivity contribution in [1.82, 2.24) is 0 Å². The molecular formula is C48H31N. The molecule has 0 amide bonds. The number of benzene rings is 10. The number of hydrogen-bond acceptors (Lipinski definition) is 1. The Bertz CT molecular complexity index is 2610. The first-order valence-electron chi connectivity index (χ1n) is 16.9. The van der Waals surface area contributed by atoms with E-state index in [0.29, 0.717) is 0 Å². The van der Waals surface area contributed by atoms with Crippen LogP contribution in [0.25, 0.3) is 86.9 Å². The lowest BCUT2D eigenvalue weighted by Gasteiger charge is -2.13. The van der Waals surface area contributed by atoms with Gasteiger partial charge in [-0.15, -0.1) is 0 Å². The summed E-state index contributed by atoms with van der Waals surface area (Å²) in [6, 6.07) is 66.3. The molecule has 10 rings (SSSR count). The number of rotatable bonds is 4. The standard InChI is InChI=1S/C48H31N/c1-3-13-41-37(9-1)39-11-5-7-15-43(39)47-29-33(21-27-45(41)47)31-17-23-35(24-18-31)49-36-25-19-32(20-26-36)34-22-28-46-42-14-4-2-10-38(42)40-12-6-8-16-44(40)48(46)30-34/h1-30,49H. The highest BCUT2D eigenvalue weighted by molar-refractivity contribution is 6.27. The largest absolute Gasteiger partial charge is 0.356 e. The molecule has 0 aliphatic carbocycles. The minimum atomic E-state index is 1.07. The maximum atomic E-state index is 3.61. The van der Waals surface area contributed by atoms with E-state index in [9.17, 15) is 0 Å². The van der Waals surface area contributed by atoms with Crippen LogP contribution < -0.4 is 5.32 Å². The van der Waals surface area contributed by atoms with Crippen LogP contribution in [0.15, 0.2) is 182 Å². The second-order valence-corrected chi connectivity index (χ2v) is 13.0. The normalized spacial score (nSPS) is 11.7. The quantitative estimate of drug-likeness (QED) is 0.193. The smallest absolute Gasteiger partial charge is 0.0384 e. The molecule has 1 N–H and O–H groups in total. The third-order valence-corrected chi connectivity index (χ3v) is 10.2. The van der Waals surface area contributed by atoms with Gasteiger partial charge in [-0.3, -0.25) is 0 Å². The van der Waals surface area contributed by atoms with Crippen molar-refractivity contribution in [3.8, 4) is 22.3 Å². The molecule has 1 nitrogen and oxygen atoms in total. The summed E-state index contributed by atoms with van der Waals surface area (Å²) in [5.74, 6) is 0. The summed E-state index contributed by atoms with van der Waals surface area (Å²) in [5.41, 5.74) is 6.99. The highest BCUT2D eigenvalue weighted by Crippen LogP contribution is 2.39. The van der Waals surface area contributed by atoms with Crippen molar-refractivity contribution in [3.63, 3.8) is 0 Å². The molecule has 0 atom stereocenters. The van der Waals surface area contributed by atoms with Crippen LogP contribution in [0.4, 0.5) is 11.4 Å². The van der Waals surface area contributed by atoms with Gasteiger partial charge < -0.3 is 5.32 Å². The van der Waals surface area contributed by atoms with Crippen molar-refractivity contribution in [2.24, 2.45) is 0 Å². The highest BCUT2D eigenvalue weighted by Gasteiger charge is 2.11. The van der Waals surface area contributed by atoms with Crippen molar-refractivity contribution in [2.45, 2.75) is 0 Å². The predicted molar refractivity (Wildman–Crippen MR) is 212 cm³/mol. The van der Waals surface area contributed by atoms with Crippen molar-refractivity contribution in [3.05, 3.63) is 182 Å². The Hall–Kier alpha value is -6.44. The topological polar surface area (TPSA) is 12.0 Å². The molecule has 0 aliphatic heterocycles. The van der Waals surface area contributed by atoms with Gasteiger partial charge in [-0.25, -0.2) is 0 Å². The number of fused-ring (bicyclic) bond motifs is 12. The van der Waals surface area contributed by atoms with E-state index in [1.165, 1.54) is 86.9 Å². The second kappa shape index (κ2) is 11.1. The molecule has 0 saturated heterocycles. The lowest BCUT2D eigenvalue weighted by atomic mass is 9.92. The maximum absolute atomic E-state index is 3.61. The molecule has 49 heavy (non-hydrogen) atoms. The summed E-state index contributed by atoms with van der Waals surface area (Å²) < 4.78 is 0. The molecule has 0 unspecified atom stereocenters. The Morgan fingerprint density at radius 3 is 0.755 bits per heavy atom. The Labute approximate surface area is 284 Å². The maximum Gasteiger partial charge on any atom is 0.0384 e. The summed E-state index contributed by atoms with van der Waals surface area (Å²) >= 11 is 0. The summed E-state index contributed by atoms with van der Waals surface area (Å²) in [6.45, 7) is 0. The molecule has 228 valence electrons. The van der Waals surface area contributed by atoms with Crippen LogP contribution in [0.3, 0.4) is 0 Å². The van der Waals surface area contributed by atoms with Gasteiger partial charge in [0.15, 0.2) is 0 Å². The van der Waals surface area contributed by atoms with E-state index in [4.69, 9.17) is 0 Å². The van der Waals surface area contributed by atoms with E-state index in [0.717, 1.165) is 11.4 Å². The molecular weight excluding hydrogens is 591 g/mol. The van der Waals surface area contributed by atoms with E-state index >= 15 is 0 Å². The van der Waals surface area contributed by atoms with E-state index in [1.807, 2.05) is 0 Å². The summed E-state index contributed by atoms with van der Waals surface area (Å²) in [4.78, 5) is 0.